The normalized spacial score (nSPS) is 13.4. The molecule has 0 aliphatic heterocycles. The van der Waals surface area contributed by atoms with Gasteiger partial charge in [-0.05, 0) is 49.2 Å². The number of ether oxygens (including phenoxy) is 1. The highest BCUT2D eigenvalue weighted by atomic mass is 35.5. The zero-order valence-corrected chi connectivity index (χ0v) is 20.7. The lowest BCUT2D eigenvalue weighted by atomic mass is 9.80. The second-order valence-electron chi connectivity index (χ2n) is 8.71. The zero-order valence-electron chi connectivity index (χ0n) is 20.0. The molecule has 1 heterocycles. The Hall–Kier alpha value is -3.40. The molecular weight excluding hydrogens is 517 g/mol. The molecule has 0 spiro atoms. The number of rotatable bonds is 10. The van der Waals surface area contributed by atoms with Gasteiger partial charge in [-0.1, -0.05) is 41.9 Å². The second kappa shape index (κ2) is 11.8. The number of aromatic nitrogens is 1. The molecule has 198 valence electrons. The fourth-order valence-electron chi connectivity index (χ4n) is 3.68. The predicted molar refractivity (Wildman–Crippen MR) is 130 cm³/mol. The van der Waals surface area contributed by atoms with Gasteiger partial charge in [0.1, 0.15) is 17.1 Å². The minimum absolute atomic E-state index is 0.0596. The quantitative estimate of drug-likeness (QED) is 0.294. The molecule has 5 nitrogen and oxygen atoms in total. The van der Waals surface area contributed by atoms with Gasteiger partial charge in [-0.25, -0.2) is 18.0 Å². The van der Waals surface area contributed by atoms with Crippen molar-refractivity contribution in [2.75, 3.05) is 6.61 Å². The first kappa shape index (κ1) is 28.2. The molecule has 0 unspecified atom stereocenters. The third kappa shape index (κ3) is 7.31. The van der Waals surface area contributed by atoms with Gasteiger partial charge in [0.05, 0.1) is 10.7 Å². The third-order valence-electron chi connectivity index (χ3n) is 5.34. The molecule has 3 aromatic rings. The minimum atomic E-state index is -4.44. The molecule has 11 heteroatoms. The Morgan fingerprint density at radius 3 is 2.38 bits per heavy atom. The number of nitrogens with zero attached hydrogens (tertiary/aromatic N) is 1. The highest BCUT2D eigenvalue weighted by Gasteiger charge is 2.42. The van der Waals surface area contributed by atoms with Crippen LogP contribution in [0.15, 0.2) is 66.9 Å². The average molecular weight is 542 g/mol. The molecular formula is C26H25ClF5N3O2. The van der Waals surface area contributed by atoms with Crippen LogP contribution in [0.25, 0.3) is 0 Å². The molecule has 0 saturated carbocycles. The molecule has 0 aliphatic rings. The number of pyridine rings is 1. The van der Waals surface area contributed by atoms with Gasteiger partial charge >= 0.3 is 18.4 Å². The summed E-state index contributed by atoms with van der Waals surface area (Å²) >= 11 is 6.03. The molecule has 2 aromatic carbocycles. The minimum Gasteiger partial charge on any atom is -0.487 e. The molecule has 0 aliphatic carbocycles. The van der Waals surface area contributed by atoms with E-state index in [9.17, 15) is 26.7 Å². The number of hydrogen-bond donors (Lipinski definition) is 2. The van der Waals surface area contributed by atoms with Crippen LogP contribution < -0.4 is 15.4 Å². The van der Waals surface area contributed by atoms with E-state index in [4.69, 9.17) is 16.3 Å². The van der Waals surface area contributed by atoms with Gasteiger partial charge < -0.3 is 15.4 Å². The lowest BCUT2D eigenvalue weighted by Gasteiger charge is -2.36. The molecule has 2 N–H and O–H groups in total. The van der Waals surface area contributed by atoms with Crippen molar-refractivity contribution in [2.45, 2.75) is 44.2 Å². The van der Waals surface area contributed by atoms with Gasteiger partial charge in [0.15, 0.2) is 6.61 Å². The Morgan fingerprint density at radius 1 is 1.08 bits per heavy atom. The van der Waals surface area contributed by atoms with Gasteiger partial charge in [-0.15, -0.1) is 0 Å². The van der Waals surface area contributed by atoms with E-state index in [1.54, 1.807) is 44.2 Å². The van der Waals surface area contributed by atoms with E-state index in [-0.39, 0.29) is 23.7 Å². The molecule has 0 saturated heterocycles. The maximum Gasteiger partial charge on any atom is 0.340 e. The monoisotopic (exact) mass is 541 g/mol. The van der Waals surface area contributed by atoms with Crippen molar-refractivity contribution in [3.8, 4) is 5.75 Å². The number of alkyl halides is 4. The molecule has 1 aromatic heterocycles. The van der Waals surface area contributed by atoms with E-state index < -0.39 is 42.1 Å². The van der Waals surface area contributed by atoms with E-state index in [1.807, 2.05) is 0 Å². The Bertz CT molecular complexity index is 1200. The summed E-state index contributed by atoms with van der Waals surface area (Å²) in [4.78, 5) is 17.4. The third-order valence-corrected chi connectivity index (χ3v) is 5.56. The number of urea groups is 1. The Labute approximate surface area is 216 Å². The summed E-state index contributed by atoms with van der Waals surface area (Å²) in [5, 5.41) is 5.88. The highest BCUT2D eigenvalue weighted by molar-refractivity contribution is 6.30. The number of hydrogen-bond acceptors (Lipinski definition) is 3. The highest BCUT2D eigenvalue weighted by Crippen LogP contribution is 2.36. The Morgan fingerprint density at radius 2 is 1.78 bits per heavy atom. The number of nitrogens with one attached hydrogen (secondary N) is 2. The molecule has 1 atom stereocenters. The summed E-state index contributed by atoms with van der Waals surface area (Å²) in [5.74, 6) is -5.76. The van der Waals surface area contributed by atoms with E-state index in [2.05, 4.69) is 15.6 Å². The van der Waals surface area contributed by atoms with Crippen LogP contribution >= 0.6 is 11.6 Å². The van der Waals surface area contributed by atoms with Crippen LogP contribution in [-0.2, 0) is 12.0 Å². The summed E-state index contributed by atoms with van der Waals surface area (Å²) in [5.41, 5.74) is -0.481. The molecule has 3 rings (SSSR count). The number of carbonyl (C=O) groups excluding carboxylic acids is 1. The maximum atomic E-state index is 14.8. The van der Waals surface area contributed by atoms with E-state index >= 15 is 0 Å². The van der Waals surface area contributed by atoms with E-state index in [0.29, 0.717) is 5.02 Å². The lowest BCUT2D eigenvalue weighted by Crippen LogP contribution is -2.53. The standard InChI is InChI=1S/C26H25ClF5N3O2/c1-16(2)34-24(36)35-25(13-17-6-4-3-5-7-17,22-9-8-19(27)14-33-22)18-10-20(28)12-21(11-18)37-15-26(31,32)23(29)30/h3-12,14,16,23H,13,15H2,1-2H3,(H2,34,35,36)/t25-/m1/s1. The van der Waals surface area contributed by atoms with Crippen LogP contribution in [0.1, 0.15) is 30.7 Å². The molecule has 37 heavy (non-hydrogen) atoms. The predicted octanol–water partition coefficient (Wildman–Crippen LogP) is 6.35. The second-order valence-corrected chi connectivity index (χ2v) is 9.14. The smallest absolute Gasteiger partial charge is 0.340 e. The van der Waals surface area contributed by atoms with Crippen LogP contribution in [-0.4, -0.2) is 36.0 Å². The number of halogens is 6. The topological polar surface area (TPSA) is 63.2 Å². The van der Waals surface area contributed by atoms with Crippen molar-refractivity contribution in [2.24, 2.45) is 0 Å². The Kier molecular flexibility index (Phi) is 8.96. The summed E-state index contributed by atoms with van der Waals surface area (Å²) in [6.07, 6.45) is -2.56. The van der Waals surface area contributed by atoms with Crippen molar-refractivity contribution in [3.63, 3.8) is 0 Å². The van der Waals surface area contributed by atoms with Gasteiger partial charge in [-0.2, -0.15) is 8.78 Å². The van der Waals surface area contributed by atoms with Crippen LogP contribution in [0.5, 0.6) is 5.75 Å². The van der Waals surface area contributed by atoms with Gasteiger partial charge in [0.25, 0.3) is 0 Å². The van der Waals surface area contributed by atoms with Gasteiger partial charge in [0.2, 0.25) is 0 Å². The summed E-state index contributed by atoms with van der Waals surface area (Å²) < 4.78 is 71.9. The molecule has 0 fully saturated rings. The first-order chi connectivity index (χ1) is 17.4. The SMILES string of the molecule is CC(C)NC(=O)N[C@](Cc1ccccc1)(c1cc(F)cc(OCC(F)(F)C(F)F)c1)c1ccc(Cl)cn1. The number of carbonyl (C=O) groups is 1. The lowest BCUT2D eigenvalue weighted by molar-refractivity contribution is -0.148. The first-order valence-electron chi connectivity index (χ1n) is 11.3. The van der Waals surface area contributed by atoms with E-state index in [1.165, 1.54) is 24.4 Å². The van der Waals surface area contributed by atoms with Crippen LogP contribution in [0, 0.1) is 5.82 Å². The number of benzene rings is 2. The summed E-state index contributed by atoms with van der Waals surface area (Å²) in [6, 6.07) is 14.2. The molecule has 0 bridgehead atoms. The Balaban J connectivity index is 2.18. The number of amides is 2. The van der Waals surface area contributed by atoms with Crippen molar-refractivity contribution in [3.05, 3.63) is 94.5 Å². The van der Waals surface area contributed by atoms with Crippen LogP contribution in [0.4, 0.5) is 26.7 Å². The largest absolute Gasteiger partial charge is 0.487 e. The van der Waals surface area contributed by atoms with Crippen LogP contribution in [0.2, 0.25) is 5.02 Å². The fraction of sp³-hybridized carbons (Fsp3) is 0.308. The van der Waals surface area contributed by atoms with Crippen molar-refractivity contribution < 1.29 is 31.5 Å². The van der Waals surface area contributed by atoms with Gasteiger partial charge in [-0.3, -0.25) is 4.98 Å². The van der Waals surface area contributed by atoms with Crippen molar-refractivity contribution in [1.29, 1.82) is 0 Å². The molecule has 0 radical (unpaired) electrons. The maximum absolute atomic E-state index is 14.8. The van der Waals surface area contributed by atoms with Crippen molar-refractivity contribution >= 4 is 17.6 Å². The van der Waals surface area contributed by atoms with Crippen molar-refractivity contribution in [1.82, 2.24) is 15.6 Å². The first-order valence-corrected chi connectivity index (χ1v) is 11.6. The van der Waals surface area contributed by atoms with Gasteiger partial charge in [0, 0.05) is 24.7 Å². The molecule has 2 amide bonds. The summed E-state index contributed by atoms with van der Waals surface area (Å²) in [6.45, 7) is 1.83. The average Bonchev–Trinajstić information content (AvgIpc) is 2.82. The zero-order chi connectivity index (χ0) is 27.2. The summed E-state index contributed by atoms with van der Waals surface area (Å²) in [7, 11) is 0. The fourth-order valence-corrected chi connectivity index (χ4v) is 3.79. The van der Waals surface area contributed by atoms with Crippen LogP contribution in [0.3, 0.4) is 0 Å². The van der Waals surface area contributed by atoms with E-state index in [0.717, 1.165) is 17.7 Å².